The first-order valence-corrected chi connectivity index (χ1v) is 6.21. The van der Waals surface area contributed by atoms with Crippen molar-refractivity contribution in [1.82, 2.24) is 0 Å². The zero-order valence-corrected chi connectivity index (χ0v) is 10.9. The van der Waals surface area contributed by atoms with Crippen molar-refractivity contribution in [2.45, 2.75) is 0 Å². The fourth-order valence-corrected chi connectivity index (χ4v) is 1.94. The number of rotatable bonds is 3. The highest BCUT2D eigenvalue weighted by Crippen LogP contribution is 2.24. The standard InChI is InChI=1S/C15H9ClF4/c16-8-10(5-9-1-3-11(17)4-2-9)12-6-14(19)15(20)7-13(12)18/h1-7H,8H2/b10-5+. The maximum absolute atomic E-state index is 13.7. The molecule has 2 rings (SSSR count). The molecule has 104 valence electrons. The molecule has 0 saturated heterocycles. The highest BCUT2D eigenvalue weighted by atomic mass is 35.5. The predicted octanol–water partition coefficient (Wildman–Crippen LogP) is 5.02. The Morgan fingerprint density at radius 3 is 2.10 bits per heavy atom. The Morgan fingerprint density at radius 2 is 1.50 bits per heavy atom. The van der Waals surface area contributed by atoms with Crippen LogP contribution in [0.4, 0.5) is 17.6 Å². The van der Waals surface area contributed by atoms with E-state index in [4.69, 9.17) is 11.6 Å². The van der Waals surface area contributed by atoms with Gasteiger partial charge in [-0.2, -0.15) is 0 Å². The van der Waals surface area contributed by atoms with Gasteiger partial charge in [-0.25, -0.2) is 17.6 Å². The summed E-state index contributed by atoms with van der Waals surface area (Å²) in [5.41, 5.74) is 0.726. The molecule has 5 heteroatoms. The molecule has 0 nitrogen and oxygen atoms in total. The molecular formula is C15H9ClF4. The minimum Gasteiger partial charge on any atom is -0.207 e. The van der Waals surface area contributed by atoms with Gasteiger partial charge in [0.2, 0.25) is 0 Å². The van der Waals surface area contributed by atoms with Crippen LogP contribution in [0.25, 0.3) is 11.6 Å². The van der Waals surface area contributed by atoms with E-state index in [9.17, 15) is 17.6 Å². The van der Waals surface area contributed by atoms with Crippen molar-refractivity contribution >= 4 is 23.3 Å². The van der Waals surface area contributed by atoms with Crippen molar-refractivity contribution in [2.75, 3.05) is 5.88 Å². The Hall–Kier alpha value is -1.81. The van der Waals surface area contributed by atoms with Crippen LogP contribution in [-0.4, -0.2) is 5.88 Å². The summed E-state index contributed by atoms with van der Waals surface area (Å²) in [5, 5.41) is 0. The summed E-state index contributed by atoms with van der Waals surface area (Å²) >= 11 is 5.72. The van der Waals surface area contributed by atoms with E-state index < -0.39 is 23.3 Å². The van der Waals surface area contributed by atoms with Gasteiger partial charge >= 0.3 is 0 Å². The molecular weight excluding hydrogens is 292 g/mol. The first kappa shape index (κ1) is 14.6. The molecule has 0 aliphatic rings. The Kier molecular flexibility index (Phi) is 4.45. The van der Waals surface area contributed by atoms with E-state index in [2.05, 4.69) is 0 Å². The molecule has 0 heterocycles. The Morgan fingerprint density at radius 1 is 0.900 bits per heavy atom. The number of alkyl halides is 1. The van der Waals surface area contributed by atoms with Gasteiger partial charge in [0.1, 0.15) is 11.6 Å². The maximum Gasteiger partial charge on any atom is 0.161 e. The van der Waals surface area contributed by atoms with Crippen LogP contribution < -0.4 is 0 Å². The molecule has 0 bridgehead atoms. The molecule has 0 radical (unpaired) electrons. The first-order chi connectivity index (χ1) is 9.51. The van der Waals surface area contributed by atoms with Crippen molar-refractivity contribution in [1.29, 1.82) is 0 Å². The van der Waals surface area contributed by atoms with Gasteiger partial charge < -0.3 is 0 Å². The van der Waals surface area contributed by atoms with E-state index in [1.54, 1.807) is 0 Å². The van der Waals surface area contributed by atoms with Gasteiger partial charge in [0.25, 0.3) is 0 Å². The lowest BCUT2D eigenvalue weighted by molar-refractivity contribution is 0.494. The normalized spacial score (nSPS) is 11.8. The average molecular weight is 301 g/mol. The minimum atomic E-state index is -1.26. The van der Waals surface area contributed by atoms with Crippen molar-refractivity contribution in [2.24, 2.45) is 0 Å². The second-order valence-corrected chi connectivity index (χ2v) is 4.37. The van der Waals surface area contributed by atoms with E-state index in [0.717, 1.165) is 6.07 Å². The Bertz CT molecular complexity index is 648. The number of allylic oxidation sites excluding steroid dienone is 1. The molecule has 0 aliphatic heterocycles. The summed E-state index contributed by atoms with van der Waals surface area (Å²) in [4.78, 5) is 0. The number of halogens is 5. The maximum atomic E-state index is 13.7. The first-order valence-electron chi connectivity index (χ1n) is 5.68. The summed E-state index contributed by atoms with van der Waals surface area (Å²) in [6, 6.07) is 6.63. The summed E-state index contributed by atoms with van der Waals surface area (Å²) in [6.45, 7) is 0. The van der Waals surface area contributed by atoms with Gasteiger partial charge in [0.05, 0.1) is 0 Å². The molecule has 0 fully saturated rings. The number of benzene rings is 2. The van der Waals surface area contributed by atoms with Gasteiger partial charge in [-0.1, -0.05) is 12.1 Å². The molecule has 0 spiro atoms. The van der Waals surface area contributed by atoms with Gasteiger partial charge in [-0.3, -0.25) is 0 Å². The van der Waals surface area contributed by atoms with Crippen LogP contribution in [-0.2, 0) is 0 Å². The van der Waals surface area contributed by atoms with E-state index in [-0.39, 0.29) is 17.0 Å². The molecule has 0 unspecified atom stereocenters. The van der Waals surface area contributed by atoms with Crippen LogP contribution in [0.2, 0.25) is 0 Å². The average Bonchev–Trinajstić information content (AvgIpc) is 2.43. The highest BCUT2D eigenvalue weighted by molar-refractivity contribution is 6.24. The van der Waals surface area contributed by atoms with Crippen LogP contribution in [0.5, 0.6) is 0 Å². The van der Waals surface area contributed by atoms with Gasteiger partial charge in [0, 0.05) is 17.5 Å². The molecule has 0 saturated carbocycles. The zero-order valence-electron chi connectivity index (χ0n) is 10.1. The molecule has 0 N–H and O–H groups in total. The lowest BCUT2D eigenvalue weighted by atomic mass is 10.0. The van der Waals surface area contributed by atoms with Crippen molar-refractivity contribution in [3.05, 3.63) is 70.8 Å². The SMILES string of the molecule is Fc1ccc(/C=C(\CCl)c2cc(F)c(F)cc2F)cc1. The second-order valence-electron chi connectivity index (χ2n) is 4.10. The van der Waals surface area contributed by atoms with Crippen molar-refractivity contribution in [3.63, 3.8) is 0 Å². The highest BCUT2D eigenvalue weighted by Gasteiger charge is 2.13. The third kappa shape index (κ3) is 3.20. The lowest BCUT2D eigenvalue weighted by Gasteiger charge is -2.07. The topological polar surface area (TPSA) is 0 Å². The molecule has 2 aromatic carbocycles. The summed E-state index contributed by atoms with van der Waals surface area (Å²) in [5.74, 6) is -3.83. The molecule has 20 heavy (non-hydrogen) atoms. The van der Waals surface area contributed by atoms with Crippen molar-refractivity contribution in [3.8, 4) is 0 Å². The van der Waals surface area contributed by atoms with Crippen LogP contribution in [0.1, 0.15) is 11.1 Å². The van der Waals surface area contributed by atoms with Crippen LogP contribution in [0.15, 0.2) is 36.4 Å². The van der Waals surface area contributed by atoms with Gasteiger partial charge in [0.15, 0.2) is 11.6 Å². The Balaban J connectivity index is 2.47. The molecule has 0 aliphatic carbocycles. The van der Waals surface area contributed by atoms with E-state index in [1.165, 1.54) is 30.3 Å². The fourth-order valence-electron chi connectivity index (χ4n) is 1.72. The zero-order chi connectivity index (χ0) is 14.7. The third-order valence-electron chi connectivity index (χ3n) is 2.71. The largest absolute Gasteiger partial charge is 0.207 e. The quantitative estimate of drug-likeness (QED) is 0.323. The van der Waals surface area contributed by atoms with Crippen molar-refractivity contribution < 1.29 is 17.6 Å². The van der Waals surface area contributed by atoms with Crippen LogP contribution >= 0.6 is 11.6 Å². The summed E-state index contributed by atoms with van der Waals surface area (Å²) in [6.07, 6.45) is 1.49. The van der Waals surface area contributed by atoms with E-state index >= 15 is 0 Å². The summed E-state index contributed by atoms with van der Waals surface area (Å²) in [7, 11) is 0. The molecule has 0 atom stereocenters. The summed E-state index contributed by atoms with van der Waals surface area (Å²) < 4.78 is 52.5. The molecule has 2 aromatic rings. The second kappa shape index (κ2) is 6.09. The Labute approximate surface area is 118 Å². The van der Waals surface area contributed by atoms with Gasteiger partial charge in [-0.05, 0) is 35.4 Å². The van der Waals surface area contributed by atoms with Gasteiger partial charge in [-0.15, -0.1) is 11.6 Å². The molecule has 0 aromatic heterocycles. The fraction of sp³-hybridized carbons (Fsp3) is 0.0667. The third-order valence-corrected chi connectivity index (χ3v) is 3.00. The number of hydrogen-bond donors (Lipinski definition) is 0. The minimum absolute atomic E-state index is 0.0978. The van der Waals surface area contributed by atoms with Crippen LogP contribution in [0, 0.1) is 23.3 Å². The van der Waals surface area contributed by atoms with E-state index in [0.29, 0.717) is 11.6 Å². The lowest BCUT2D eigenvalue weighted by Crippen LogP contribution is -1.96. The smallest absolute Gasteiger partial charge is 0.161 e. The van der Waals surface area contributed by atoms with Crippen LogP contribution in [0.3, 0.4) is 0 Å². The molecule has 0 amide bonds. The predicted molar refractivity (Wildman–Crippen MR) is 71.3 cm³/mol. The number of hydrogen-bond acceptors (Lipinski definition) is 0. The monoisotopic (exact) mass is 300 g/mol. The van der Waals surface area contributed by atoms with E-state index in [1.807, 2.05) is 0 Å².